The average Bonchev–Trinajstić information content (AvgIpc) is 2.73. The van der Waals surface area contributed by atoms with E-state index in [4.69, 9.17) is 0 Å². The van der Waals surface area contributed by atoms with Gasteiger partial charge in [0.2, 0.25) is 0 Å². The zero-order valence-electron chi connectivity index (χ0n) is 6.85. The normalized spacial score (nSPS) is 34.1. The van der Waals surface area contributed by atoms with Crippen molar-refractivity contribution in [1.29, 1.82) is 0 Å². The first-order valence-electron chi connectivity index (χ1n) is 4.74. The summed E-state index contributed by atoms with van der Waals surface area (Å²) in [7, 11) is 0. The predicted molar refractivity (Wildman–Crippen MR) is 43.3 cm³/mol. The fourth-order valence-electron chi connectivity index (χ4n) is 1.88. The van der Waals surface area contributed by atoms with Crippen LogP contribution in [0.2, 0.25) is 0 Å². The highest BCUT2D eigenvalue weighted by Crippen LogP contribution is 2.36. The van der Waals surface area contributed by atoms with Gasteiger partial charge in [-0.3, -0.25) is 0 Å². The van der Waals surface area contributed by atoms with E-state index in [1.165, 1.54) is 12.8 Å². The van der Waals surface area contributed by atoms with Crippen LogP contribution in [0, 0.1) is 5.92 Å². The summed E-state index contributed by atoms with van der Waals surface area (Å²) in [5.41, 5.74) is 0. The van der Waals surface area contributed by atoms with Crippen molar-refractivity contribution >= 4 is 0 Å². The van der Waals surface area contributed by atoms with Gasteiger partial charge < -0.3 is 5.32 Å². The van der Waals surface area contributed by atoms with Crippen LogP contribution in [-0.2, 0) is 0 Å². The van der Waals surface area contributed by atoms with Gasteiger partial charge in [-0.15, -0.1) is 0 Å². The molecule has 0 aromatic carbocycles. The third-order valence-electron chi connectivity index (χ3n) is 2.81. The number of nitrogens with one attached hydrogen (secondary N) is 1. The molecule has 64 valence electrons. The Kier molecular flexibility index (Phi) is 2.12. The molecular formula is C9H16FN. The topological polar surface area (TPSA) is 12.0 Å². The Labute approximate surface area is 67.4 Å². The minimum Gasteiger partial charge on any atom is -0.314 e. The second-order valence-corrected chi connectivity index (χ2v) is 3.88. The van der Waals surface area contributed by atoms with Crippen LogP contribution in [0.3, 0.4) is 0 Å². The van der Waals surface area contributed by atoms with Crippen LogP contribution in [0.25, 0.3) is 0 Å². The molecule has 1 saturated carbocycles. The van der Waals surface area contributed by atoms with Gasteiger partial charge in [0, 0.05) is 6.04 Å². The second kappa shape index (κ2) is 3.10. The lowest BCUT2D eigenvalue weighted by molar-refractivity contribution is 0.256. The van der Waals surface area contributed by atoms with E-state index < -0.39 is 6.17 Å². The van der Waals surface area contributed by atoms with E-state index in [-0.39, 0.29) is 0 Å². The van der Waals surface area contributed by atoms with Crippen molar-refractivity contribution in [3.63, 3.8) is 0 Å². The van der Waals surface area contributed by atoms with Crippen LogP contribution in [0.15, 0.2) is 0 Å². The summed E-state index contributed by atoms with van der Waals surface area (Å²) < 4.78 is 13.2. The summed E-state index contributed by atoms with van der Waals surface area (Å²) in [5, 5.41) is 3.33. The molecule has 2 rings (SSSR count). The molecule has 0 bridgehead atoms. The van der Waals surface area contributed by atoms with Crippen LogP contribution < -0.4 is 5.32 Å². The van der Waals surface area contributed by atoms with Gasteiger partial charge in [0.15, 0.2) is 0 Å². The lowest BCUT2D eigenvalue weighted by Gasteiger charge is -2.12. The van der Waals surface area contributed by atoms with Crippen LogP contribution in [-0.4, -0.2) is 18.8 Å². The standard InChI is InChI=1S/C9H16FN/c10-9(7-3-4-7)6-8-2-1-5-11-8/h7-9,11H,1-6H2. The van der Waals surface area contributed by atoms with E-state index in [0.717, 1.165) is 25.8 Å². The molecule has 0 aromatic heterocycles. The number of rotatable bonds is 3. The molecule has 1 saturated heterocycles. The third kappa shape index (κ3) is 1.92. The van der Waals surface area contributed by atoms with Crippen LogP contribution in [0.4, 0.5) is 4.39 Å². The van der Waals surface area contributed by atoms with Gasteiger partial charge >= 0.3 is 0 Å². The number of halogens is 1. The lowest BCUT2D eigenvalue weighted by Crippen LogP contribution is -2.25. The first-order valence-corrected chi connectivity index (χ1v) is 4.74. The highest BCUT2D eigenvalue weighted by Gasteiger charge is 2.33. The molecule has 1 heterocycles. The maximum absolute atomic E-state index is 13.2. The second-order valence-electron chi connectivity index (χ2n) is 3.88. The van der Waals surface area contributed by atoms with E-state index in [1.54, 1.807) is 0 Å². The van der Waals surface area contributed by atoms with E-state index in [1.807, 2.05) is 0 Å². The van der Waals surface area contributed by atoms with Gasteiger partial charge in [0.05, 0.1) is 0 Å². The number of hydrogen-bond acceptors (Lipinski definition) is 1. The van der Waals surface area contributed by atoms with E-state index in [9.17, 15) is 4.39 Å². The maximum Gasteiger partial charge on any atom is 0.104 e. The van der Waals surface area contributed by atoms with Gasteiger partial charge in [-0.25, -0.2) is 4.39 Å². The van der Waals surface area contributed by atoms with E-state index >= 15 is 0 Å². The first-order chi connectivity index (χ1) is 5.36. The fourth-order valence-corrected chi connectivity index (χ4v) is 1.88. The smallest absolute Gasteiger partial charge is 0.104 e. The minimum absolute atomic E-state index is 0.428. The molecule has 2 unspecified atom stereocenters. The molecule has 0 spiro atoms. The zero-order valence-corrected chi connectivity index (χ0v) is 6.85. The zero-order chi connectivity index (χ0) is 7.68. The van der Waals surface area contributed by atoms with Crippen molar-refractivity contribution in [2.24, 2.45) is 5.92 Å². The molecule has 2 heteroatoms. The van der Waals surface area contributed by atoms with Gasteiger partial charge in [0.25, 0.3) is 0 Å². The summed E-state index contributed by atoms with van der Waals surface area (Å²) in [6.45, 7) is 1.10. The molecule has 0 amide bonds. The summed E-state index contributed by atoms with van der Waals surface area (Å²) >= 11 is 0. The Hall–Kier alpha value is -0.110. The Morgan fingerprint density at radius 2 is 2.18 bits per heavy atom. The van der Waals surface area contributed by atoms with Crippen molar-refractivity contribution in [2.75, 3.05) is 6.54 Å². The Morgan fingerprint density at radius 1 is 1.36 bits per heavy atom. The van der Waals surface area contributed by atoms with Gasteiger partial charge in [-0.2, -0.15) is 0 Å². The van der Waals surface area contributed by atoms with Gasteiger partial charge in [-0.1, -0.05) is 0 Å². The molecule has 1 aliphatic heterocycles. The monoisotopic (exact) mass is 157 g/mol. The third-order valence-corrected chi connectivity index (χ3v) is 2.81. The van der Waals surface area contributed by atoms with Crippen LogP contribution in [0.1, 0.15) is 32.1 Å². The van der Waals surface area contributed by atoms with Crippen molar-refractivity contribution in [2.45, 2.75) is 44.3 Å². The molecule has 2 atom stereocenters. The molecular weight excluding hydrogens is 141 g/mol. The molecule has 1 nitrogen and oxygen atoms in total. The van der Waals surface area contributed by atoms with Crippen molar-refractivity contribution in [1.82, 2.24) is 5.32 Å². The Bertz CT molecular complexity index is 128. The molecule has 0 aromatic rings. The summed E-state index contributed by atoms with van der Waals surface area (Å²) in [4.78, 5) is 0. The quantitative estimate of drug-likeness (QED) is 0.659. The van der Waals surface area contributed by atoms with Crippen LogP contribution >= 0.6 is 0 Å². The molecule has 11 heavy (non-hydrogen) atoms. The number of hydrogen-bond donors (Lipinski definition) is 1. The fraction of sp³-hybridized carbons (Fsp3) is 1.00. The predicted octanol–water partition coefficient (Wildman–Crippen LogP) is 1.88. The minimum atomic E-state index is -0.509. The van der Waals surface area contributed by atoms with Crippen molar-refractivity contribution in [3.8, 4) is 0 Å². The molecule has 0 radical (unpaired) electrons. The Balaban J connectivity index is 1.70. The lowest BCUT2D eigenvalue weighted by atomic mass is 10.1. The van der Waals surface area contributed by atoms with E-state index in [2.05, 4.69) is 5.32 Å². The van der Waals surface area contributed by atoms with Crippen molar-refractivity contribution in [3.05, 3.63) is 0 Å². The molecule has 1 aliphatic carbocycles. The maximum atomic E-state index is 13.2. The van der Waals surface area contributed by atoms with Crippen LogP contribution in [0.5, 0.6) is 0 Å². The summed E-state index contributed by atoms with van der Waals surface area (Å²) in [6, 6.07) is 0.491. The van der Waals surface area contributed by atoms with Crippen molar-refractivity contribution < 1.29 is 4.39 Å². The molecule has 2 fully saturated rings. The highest BCUT2D eigenvalue weighted by atomic mass is 19.1. The largest absolute Gasteiger partial charge is 0.314 e. The van der Waals surface area contributed by atoms with E-state index in [0.29, 0.717) is 12.0 Å². The van der Waals surface area contributed by atoms with Gasteiger partial charge in [-0.05, 0) is 44.6 Å². The Morgan fingerprint density at radius 3 is 2.73 bits per heavy atom. The molecule has 1 N–H and O–H groups in total. The summed E-state index contributed by atoms with van der Waals surface area (Å²) in [6.07, 6.45) is 4.95. The molecule has 2 aliphatic rings. The van der Waals surface area contributed by atoms with Gasteiger partial charge in [0.1, 0.15) is 6.17 Å². The average molecular weight is 157 g/mol. The SMILES string of the molecule is FC(CC1CCCN1)C1CC1. The first kappa shape index (κ1) is 7.53. The summed E-state index contributed by atoms with van der Waals surface area (Å²) in [5.74, 6) is 0.428. The highest BCUT2D eigenvalue weighted by molar-refractivity contribution is 4.86. The number of alkyl halides is 1.